The van der Waals surface area contributed by atoms with Crippen molar-refractivity contribution in [3.8, 4) is 0 Å². The van der Waals surface area contributed by atoms with Crippen molar-refractivity contribution in [2.75, 3.05) is 19.9 Å². The maximum Gasteiger partial charge on any atom is 0.316 e. The van der Waals surface area contributed by atoms with Gasteiger partial charge >= 0.3 is 5.97 Å². The quantitative estimate of drug-likeness (QED) is 0.122. The lowest BCUT2D eigenvalue weighted by Crippen LogP contribution is -2.43. The molecule has 1 amide bonds. The normalized spacial score (nSPS) is 16.8. The van der Waals surface area contributed by atoms with Gasteiger partial charge in [0.15, 0.2) is 0 Å². The van der Waals surface area contributed by atoms with E-state index in [1.165, 1.54) is 0 Å². The third kappa shape index (κ3) is 7.54. The molecule has 0 aliphatic heterocycles. The number of aliphatic hydroxyl groups excluding tert-OH is 1. The van der Waals surface area contributed by atoms with E-state index < -0.39 is 37.7 Å². The molecule has 5 N–H and O–H groups in total. The van der Waals surface area contributed by atoms with Crippen molar-refractivity contribution in [3.63, 3.8) is 0 Å². The minimum Gasteiger partial charge on any atom is -0.481 e. The van der Waals surface area contributed by atoms with Gasteiger partial charge in [-0.1, -0.05) is 19.8 Å². The van der Waals surface area contributed by atoms with Crippen LogP contribution in [0.5, 0.6) is 0 Å². The zero-order valence-corrected chi connectivity index (χ0v) is 13.0. The first-order valence-corrected chi connectivity index (χ1v) is 8.70. The number of carboxylic acid groups (broad SMARTS) is 1. The number of hydroxylamine groups is 2. The van der Waals surface area contributed by atoms with E-state index in [1.54, 1.807) is 0 Å². The first-order chi connectivity index (χ1) is 9.61. The molecule has 0 rings (SSSR count). The number of nitrogens with zero attached hydrogens (tertiary/aromatic N) is 1. The summed E-state index contributed by atoms with van der Waals surface area (Å²) in [5.74, 6) is -5.16. The number of aliphatic carboxylic acids is 1. The van der Waals surface area contributed by atoms with Gasteiger partial charge in [-0.2, -0.15) is 0 Å². The van der Waals surface area contributed by atoms with Crippen LogP contribution in [-0.2, 0) is 14.2 Å². The fourth-order valence-electron chi connectivity index (χ4n) is 1.49. The van der Waals surface area contributed by atoms with Crippen LogP contribution >= 0.6 is 7.37 Å². The molecule has 0 bridgehead atoms. The van der Waals surface area contributed by atoms with Crippen molar-refractivity contribution in [1.29, 1.82) is 0 Å². The van der Waals surface area contributed by atoms with Gasteiger partial charge < -0.3 is 15.1 Å². The molecule has 21 heavy (non-hydrogen) atoms. The highest BCUT2D eigenvalue weighted by molar-refractivity contribution is 7.57. The molecule has 9 nitrogen and oxygen atoms in total. The van der Waals surface area contributed by atoms with Gasteiger partial charge in [0.05, 0.1) is 6.67 Å². The number of unbranched alkanes of at least 4 members (excludes halogenated alkanes) is 1. The van der Waals surface area contributed by atoms with Gasteiger partial charge in [0.25, 0.3) is 5.91 Å². The monoisotopic (exact) mass is 326 g/mol. The number of carbonyl (C=O) groups is 2. The highest BCUT2D eigenvalue weighted by atomic mass is 31.2. The predicted octanol–water partition coefficient (Wildman–Crippen LogP) is -0.139. The topological polar surface area (TPSA) is 147 Å². The van der Waals surface area contributed by atoms with Crippen LogP contribution in [0, 0.1) is 5.92 Å². The summed E-state index contributed by atoms with van der Waals surface area (Å²) >= 11 is 0. The molecule has 0 aliphatic rings. The van der Waals surface area contributed by atoms with Crippen molar-refractivity contribution in [1.82, 2.24) is 10.4 Å². The SMILES string of the molecule is CCCCC(C(=O)O)C(=O)N(O)CNCC(O)P(C)(=O)O. The largest absolute Gasteiger partial charge is 0.481 e. The molecule has 0 aromatic carbocycles. The van der Waals surface area contributed by atoms with Gasteiger partial charge in [-0.05, 0) is 6.42 Å². The number of amides is 1. The molecule has 0 saturated heterocycles. The molecular weight excluding hydrogens is 303 g/mol. The fraction of sp³-hybridized carbons (Fsp3) is 0.818. The van der Waals surface area contributed by atoms with Crippen molar-refractivity contribution in [2.45, 2.75) is 32.0 Å². The molecule has 0 aliphatic carbocycles. The molecule has 0 fully saturated rings. The third-order valence-corrected chi connectivity index (χ3v) is 4.13. The van der Waals surface area contributed by atoms with Gasteiger partial charge in [0, 0.05) is 13.2 Å². The summed E-state index contributed by atoms with van der Waals surface area (Å²) in [6, 6.07) is 0. The van der Waals surface area contributed by atoms with Gasteiger partial charge in [0.1, 0.15) is 11.8 Å². The summed E-state index contributed by atoms with van der Waals surface area (Å²) in [4.78, 5) is 31.8. The second kappa shape index (κ2) is 9.11. The zero-order valence-electron chi connectivity index (χ0n) is 12.1. The van der Waals surface area contributed by atoms with E-state index in [4.69, 9.17) is 10.00 Å². The molecule has 3 unspecified atom stereocenters. The van der Waals surface area contributed by atoms with E-state index in [1.807, 2.05) is 6.92 Å². The van der Waals surface area contributed by atoms with Gasteiger partial charge in [-0.25, -0.2) is 5.06 Å². The van der Waals surface area contributed by atoms with Crippen LogP contribution in [0.3, 0.4) is 0 Å². The Kier molecular flexibility index (Phi) is 8.68. The van der Waals surface area contributed by atoms with Crippen LogP contribution in [0.2, 0.25) is 0 Å². The number of hydrogen-bond acceptors (Lipinski definition) is 6. The standard InChI is InChI=1S/C11H23N2O7P/c1-3-4-5-8(11(16)17)10(15)13(18)7-12-6-9(14)21(2,19)20/h8-9,12,14,18H,3-7H2,1-2H3,(H,16,17)(H,19,20). The molecule has 10 heteroatoms. The number of aliphatic hydroxyl groups is 1. The lowest BCUT2D eigenvalue weighted by Gasteiger charge is -2.21. The van der Waals surface area contributed by atoms with E-state index in [0.717, 1.165) is 13.1 Å². The molecule has 0 heterocycles. The molecule has 0 saturated carbocycles. The van der Waals surface area contributed by atoms with Crippen molar-refractivity contribution < 1.29 is 34.5 Å². The Labute approximate surface area is 123 Å². The molecular formula is C11H23N2O7P. The van der Waals surface area contributed by atoms with E-state index in [2.05, 4.69) is 5.32 Å². The Bertz CT molecular complexity index is 398. The predicted molar refractivity (Wildman–Crippen MR) is 73.9 cm³/mol. The average Bonchev–Trinajstić information content (AvgIpc) is 2.37. The molecule has 124 valence electrons. The van der Waals surface area contributed by atoms with Crippen LogP contribution in [0.1, 0.15) is 26.2 Å². The second-order valence-electron chi connectivity index (χ2n) is 4.81. The van der Waals surface area contributed by atoms with Crippen LogP contribution in [0.4, 0.5) is 0 Å². The van der Waals surface area contributed by atoms with E-state index in [0.29, 0.717) is 6.42 Å². The van der Waals surface area contributed by atoms with Crippen LogP contribution in [0.15, 0.2) is 0 Å². The van der Waals surface area contributed by atoms with E-state index >= 15 is 0 Å². The van der Waals surface area contributed by atoms with Gasteiger partial charge in [-0.15, -0.1) is 0 Å². The van der Waals surface area contributed by atoms with Crippen molar-refractivity contribution in [3.05, 3.63) is 0 Å². The Morgan fingerprint density at radius 2 is 1.95 bits per heavy atom. The molecule has 0 aromatic rings. The number of hydrogen-bond donors (Lipinski definition) is 5. The second-order valence-corrected chi connectivity index (χ2v) is 7.29. The number of nitrogens with one attached hydrogen (secondary N) is 1. The summed E-state index contributed by atoms with van der Waals surface area (Å²) in [5, 5.41) is 30.3. The summed E-state index contributed by atoms with van der Waals surface area (Å²) in [7, 11) is -3.68. The first kappa shape index (κ1) is 20.0. The third-order valence-electron chi connectivity index (χ3n) is 2.84. The highest BCUT2D eigenvalue weighted by Crippen LogP contribution is 2.39. The average molecular weight is 326 g/mol. The van der Waals surface area contributed by atoms with Crippen LogP contribution < -0.4 is 5.32 Å². The Balaban J connectivity index is 4.36. The first-order valence-electron chi connectivity index (χ1n) is 6.53. The van der Waals surface area contributed by atoms with Crippen molar-refractivity contribution in [2.24, 2.45) is 5.92 Å². The summed E-state index contributed by atoms with van der Waals surface area (Å²) < 4.78 is 11.1. The molecule has 0 spiro atoms. The van der Waals surface area contributed by atoms with Crippen LogP contribution in [-0.4, -0.2) is 63.0 Å². The number of carboxylic acids is 1. The Morgan fingerprint density at radius 3 is 2.38 bits per heavy atom. The lowest BCUT2D eigenvalue weighted by atomic mass is 10.0. The molecule has 0 aromatic heterocycles. The van der Waals surface area contributed by atoms with Crippen LogP contribution in [0.25, 0.3) is 0 Å². The van der Waals surface area contributed by atoms with Gasteiger partial charge in [0.2, 0.25) is 7.37 Å². The van der Waals surface area contributed by atoms with Gasteiger partial charge in [-0.3, -0.25) is 24.7 Å². The van der Waals surface area contributed by atoms with E-state index in [-0.39, 0.29) is 18.0 Å². The Hall–Kier alpha value is -0.990. The Morgan fingerprint density at radius 1 is 1.38 bits per heavy atom. The number of rotatable bonds is 10. The maximum atomic E-state index is 11.8. The molecule has 3 atom stereocenters. The summed E-state index contributed by atoms with van der Waals surface area (Å²) in [6.07, 6.45) is 1.37. The zero-order chi connectivity index (χ0) is 16.6. The minimum absolute atomic E-state index is 0.116. The molecule has 0 radical (unpaired) electrons. The van der Waals surface area contributed by atoms with Crippen molar-refractivity contribution >= 4 is 19.2 Å². The minimum atomic E-state index is -3.68. The maximum absolute atomic E-state index is 11.8. The smallest absolute Gasteiger partial charge is 0.316 e. The highest BCUT2D eigenvalue weighted by Gasteiger charge is 2.30. The number of carbonyl (C=O) groups excluding carboxylic acids is 1. The van der Waals surface area contributed by atoms with E-state index in [9.17, 15) is 24.5 Å². The lowest BCUT2D eigenvalue weighted by molar-refractivity contribution is -0.176. The summed E-state index contributed by atoms with van der Waals surface area (Å²) in [6.45, 7) is 2.06. The summed E-state index contributed by atoms with van der Waals surface area (Å²) in [5.41, 5.74) is 0. The fourth-order valence-corrected chi connectivity index (χ4v) is 1.96.